The Morgan fingerprint density at radius 2 is 1.64 bits per heavy atom. The average molecular weight is 669 g/mol. The SMILES string of the molecule is COc1ccc(C=CC(=O)OC2C(OC3C4C=COC(OC5OC(CO)C(O)C(O)C5O)C4C4(CO)OC34)OC(C)C(O)C2O)cc1. The highest BCUT2D eigenvalue weighted by Crippen LogP contribution is 2.61. The maximum absolute atomic E-state index is 12.8. The molecule has 0 bridgehead atoms. The van der Waals surface area contributed by atoms with Crippen molar-refractivity contribution in [3.8, 4) is 5.75 Å². The fourth-order valence-electron chi connectivity index (χ4n) is 6.76. The van der Waals surface area contributed by atoms with E-state index < -0.39 is 117 Å². The Balaban J connectivity index is 1.18. The van der Waals surface area contributed by atoms with Gasteiger partial charge in [-0.25, -0.2) is 4.79 Å². The molecule has 1 aliphatic carbocycles. The van der Waals surface area contributed by atoms with Crippen LogP contribution in [0, 0.1) is 11.8 Å². The molecule has 4 aliphatic heterocycles. The summed E-state index contributed by atoms with van der Waals surface area (Å²) in [7, 11) is 1.53. The molecule has 16 unspecified atom stereocenters. The maximum Gasteiger partial charge on any atom is 0.331 e. The van der Waals surface area contributed by atoms with Gasteiger partial charge in [0.25, 0.3) is 0 Å². The lowest BCUT2D eigenvalue weighted by Gasteiger charge is -2.44. The molecule has 47 heavy (non-hydrogen) atoms. The Morgan fingerprint density at radius 3 is 2.32 bits per heavy atom. The minimum absolute atomic E-state index is 0.484. The van der Waals surface area contributed by atoms with E-state index in [-0.39, 0.29) is 0 Å². The summed E-state index contributed by atoms with van der Waals surface area (Å²) < 4.78 is 45.9. The molecule has 0 radical (unpaired) electrons. The lowest BCUT2D eigenvalue weighted by Crippen LogP contribution is -2.61. The van der Waals surface area contributed by atoms with E-state index >= 15 is 0 Å². The van der Waals surface area contributed by atoms with Gasteiger partial charge in [0.15, 0.2) is 18.7 Å². The number of aliphatic hydroxyl groups excluding tert-OH is 7. The van der Waals surface area contributed by atoms with E-state index in [9.17, 15) is 40.5 Å². The van der Waals surface area contributed by atoms with Crippen LogP contribution in [-0.4, -0.2) is 148 Å². The van der Waals surface area contributed by atoms with E-state index in [0.29, 0.717) is 11.3 Å². The van der Waals surface area contributed by atoms with Crippen LogP contribution in [0.2, 0.25) is 0 Å². The van der Waals surface area contributed by atoms with E-state index in [2.05, 4.69) is 0 Å². The van der Waals surface area contributed by atoms with Gasteiger partial charge in [0.1, 0.15) is 54.1 Å². The topological polar surface area (TPSA) is 236 Å². The van der Waals surface area contributed by atoms with Crippen molar-refractivity contribution in [1.82, 2.24) is 0 Å². The van der Waals surface area contributed by atoms with Crippen molar-refractivity contribution < 1.29 is 78.4 Å². The maximum atomic E-state index is 12.8. The molecule has 16 atom stereocenters. The summed E-state index contributed by atoms with van der Waals surface area (Å²) in [6.45, 7) is 0.378. The number of hydrogen-bond acceptors (Lipinski definition) is 16. The van der Waals surface area contributed by atoms with Gasteiger partial charge in [-0.15, -0.1) is 0 Å². The summed E-state index contributed by atoms with van der Waals surface area (Å²) in [5, 5.41) is 72.4. The van der Waals surface area contributed by atoms with Crippen molar-refractivity contribution in [2.75, 3.05) is 20.3 Å². The summed E-state index contributed by atoms with van der Waals surface area (Å²) in [5.41, 5.74) is -0.551. The predicted molar refractivity (Wildman–Crippen MR) is 154 cm³/mol. The summed E-state index contributed by atoms with van der Waals surface area (Å²) in [5.74, 6) is -1.52. The van der Waals surface area contributed by atoms with Gasteiger partial charge in [0.2, 0.25) is 6.29 Å². The Morgan fingerprint density at radius 1 is 0.894 bits per heavy atom. The quantitative estimate of drug-likeness (QED) is 0.0777. The highest BCUT2D eigenvalue weighted by Gasteiger charge is 2.77. The number of benzene rings is 1. The van der Waals surface area contributed by atoms with E-state index in [1.54, 1.807) is 30.3 Å². The van der Waals surface area contributed by atoms with Crippen LogP contribution >= 0.6 is 0 Å². The Hall–Kier alpha value is -2.71. The van der Waals surface area contributed by atoms with Crippen LogP contribution in [0.4, 0.5) is 0 Å². The summed E-state index contributed by atoms with van der Waals surface area (Å²) in [6, 6.07) is 6.90. The molecule has 16 heteroatoms. The molecule has 1 aromatic carbocycles. The van der Waals surface area contributed by atoms with Gasteiger partial charge >= 0.3 is 5.97 Å². The van der Waals surface area contributed by atoms with Crippen molar-refractivity contribution in [2.24, 2.45) is 11.8 Å². The van der Waals surface area contributed by atoms with E-state index in [1.807, 2.05) is 0 Å². The predicted octanol–water partition coefficient (Wildman–Crippen LogP) is -2.47. The second kappa shape index (κ2) is 13.7. The molecule has 16 nitrogen and oxygen atoms in total. The largest absolute Gasteiger partial charge is 0.497 e. The third-order valence-corrected chi connectivity index (χ3v) is 9.45. The first kappa shape index (κ1) is 34.2. The average Bonchev–Trinajstić information content (AvgIpc) is 3.75. The van der Waals surface area contributed by atoms with E-state index in [0.717, 1.165) is 6.08 Å². The third kappa shape index (κ3) is 6.29. The number of esters is 1. The first-order valence-corrected chi connectivity index (χ1v) is 15.3. The molecular formula is C31H40O16. The number of hydrogen-bond donors (Lipinski definition) is 7. The number of aliphatic hydroxyl groups is 7. The molecule has 3 saturated heterocycles. The van der Waals surface area contributed by atoms with E-state index in [1.165, 1.54) is 26.4 Å². The van der Waals surface area contributed by atoms with Crippen LogP contribution in [0.3, 0.4) is 0 Å². The highest BCUT2D eigenvalue weighted by molar-refractivity contribution is 5.87. The smallest absolute Gasteiger partial charge is 0.331 e. The lowest BCUT2D eigenvalue weighted by molar-refractivity contribution is -0.347. The molecule has 260 valence electrons. The molecular weight excluding hydrogens is 628 g/mol. The van der Waals surface area contributed by atoms with Gasteiger partial charge in [0, 0.05) is 12.0 Å². The number of carbonyl (C=O) groups is 1. The molecule has 0 amide bonds. The number of ether oxygens (including phenoxy) is 8. The minimum Gasteiger partial charge on any atom is -0.497 e. The van der Waals surface area contributed by atoms with Gasteiger partial charge in [-0.2, -0.15) is 0 Å². The van der Waals surface area contributed by atoms with Gasteiger partial charge in [-0.3, -0.25) is 0 Å². The van der Waals surface area contributed by atoms with Crippen molar-refractivity contribution in [3.63, 3.8) is 0 Å². The zero-order valence-electron chi connectivity index (χ0n) is 25.5. The highest BCUT2D eigenvalue weighted by atomic mass is 16.8. The van der Waals surface area contributed by atoms with Crippen molar-refractivity contribution in [3.05, 3.63) is 48.2 Å². The number of rotatable bonds is 10. The summed E-state index contributed by atoms with van der Waals surface area (Å²) in [6.07, 6.45) is -11.6. The first-order valence-electron chi connectivity index (χ1n) is 15.3. The molecule has 0 spiro atoms. The second-order valence-corrected chi connectivity index (χ2v) is 12.2. The molecule has 4 fully saturated rings. The zero-order valence-corrected chi connectivity index (χ0v) is 25.5. The number of fused-ring (bicyclic) bond motifs is 3. The number of methoxy groups -OCH3 is 1. The molecule has 1 saturated carbocycles. The van der Waals surface area contributed by atoms with Crippen LogP contribution in [0.5, 0.6) is 5.75 Å². The van der Waals surface area contributed by atoms with Crippen LogP contribution < -0.4 is 4.74 Å². The van der Waals surface area contributed by atoms with Gasteiger partial charge < -0.3 is 73.6 Å². The molecule has 1 aromatic rings. The molecule has 5 aliphatic rings. The van der Waals surface area contributed by atoms with Crippen LogP contribution in [0.25, 0.3) is 6.08 Å². The van der Waals surface area contributed by atoms with Gasteiger partial charge in [0.05, 0.1) is 44.7 Å². The van der Waals surface area contributed by atoms with Gasteiger partial charge in [-0.05, 0) is 36.8 Å². The number of carbonyl (C=O) groups excluding carboxylic acids is 1. The van der Waals surface area contributed by atoms with Crippen molar-refractivity contribution >= 4 is 12.0 Å². The molecule has 0 aromatic heterocycles. The molecule has 6 rings (SSSR count). The third-order valence-electron chi connectivity index (χ3n) is 9.45. The van der Waals surface area contributed by atoms with Crippen LogP contribution in [0.15, 0.2) is 42.7 Å². The Bertz CT molecular complexity index is 1300. The van der Waals surface area contributed by atoms with E-state index in [4.69, 9.17) is 37.9 Å². The fraction of sp³-hybridized carbons (Fsp3) is 0.645. The second-order valence-electron chi connectivity index (χ2n) is 12.2. The molecule has 7 N–H and O–H groups in total. The van der Waals surface area contributed by atoms with Crippen molar-refractivity contribution in [2.45, 2.75) is 92.4 Å². The van der Waals surface area contributed by atoms with Crippen LogP contribution in [0.1, 0.15) is 12.5 Å². The monoisotopic (exact) mass is 668 g/mol. The normalized spacial score (nSPS) is 45.6. The summed E-state index contributed by atoms with van der Waals surface area (Å²) in [4.78, 5) is 12.8. The summed E-state index contributed by atoms with van der Waals surface area (Å²) >= 11 is 0. The fourth-order valence-corrected chi connectivity index (χ4v) is 6.76. The lowest BCUT2D eigenvalue weighted by atomic mass is 9.85. The molecule has 4 heterocycles. The standard InChI is InChI=1S/C31H40O16/c1-13-20(35)23(38)26(44-18(34)8-5-14-3-6-15(40-2)7-4-14)30(42-13)45-25-16-9-10-41-28(19(16)31(12-33)27(25)47-31)46-29-24(39)22(37)21(36)17(11-32)43-29/h3-10,13,16-17,19-30,32-33,35-39H,11-12H2,1-2H3. The Labute approximate surface area is 269 Å². The Kier molecular flexibility index (Phi) is 9.93. The zero-order chi connectivity index (χ0) is 33.6. The van der Waals surface area contributed by atoms with Crippen LogP contribution in [-0.2, 0) is 38.0 Å². The first-order chi connectivity index (χ1) is 22.5. The van der Waals surface area contributed by atoms with Gasteiger partial charge in [-0.1, -0.05) is 12.1 Å². The number of epoxide rings is 1. The van der Waals surface area contributed by atoms with Crippen molar-refractivity contribution in [1.29, 1.82) is 0 Å². The minimum atomic E-state index is -1.70.